The third-order valence-corrected chi connectivity index (χ3v) is 9.15. The van der Waals surface area contributed by atoms with Gasteiger partial charge in [-0.2, -0.15) is 0 Å². The summed E-state index contributed by atoms with van der Waals surface area (Å²) in [6, 6.07) is -0.842. The molecule has 3 atom stereocenters. The van der Waals surface area contributed by atoms with Crippen LogP contribution in [-0.2, 0) is 19.4 Å². The maximum atomic E-state index is 13.3. The number of carbonyl (C=O) groups excluding carboxylic acids is 3. The maximum Gasteiger partial charge on any atom is 0.325 e. The van der Waals surface area contributed by atoms with Crippen LogP contribution in [0.15, 0.2) is 0 Å². The molecule has 4 aliphatic rings. The van der Waals surface area contributed by atoms with E-state index in [2.05, 4.69) is 5.32 Å². The van der Waals surface area contributed by atoms with Gasteiger partial charge in [0.2, 0.25) is 5.91 Å². The first-order valence-corrected chi connectivity index (χ1v) is 12.7. The van der Waals surface area contributed by atoms with Crippen LogP contribution in [0.5, 0.6) is 0 Å². The quantitative estimate of drug-likeness (QED) is 0.687. The average Bonchev–Trinajstić information content (AvgIpc) is 3.35. The molecule has 2 heterocycles. The minimum absolute atomic E-state index is 0.00382. The summed E-state index contributed by atoms with van der Waals surface area (Å²) in [6.45, 7) is 1.68. The highest BCUT2D eigenvalue weighted by atomic mass is 32.2. The smallest absolute Gasteiger partial charge is 0.325 e. The largest absolute Gasteiger partial charge is 0.334 e. The summed E-state index contributed by atoms with van der Waals surface area (Å²) in [6.07, 6.45) is 7.56. The number of hydrogen-bond donors (Lipinski definition) is 1. The Morgan fingerprint density at radius 1 is 1.10 bits per heavy atom. The minimum atomic E-state index is -3.14. The summed E-state index contributed by atoms with van der Waals surface area (Å²) in [7, 11) is -3.14. The number of nitrogens with one attached hydrogen (secondary N) is 1. The standard InChI is InChI=1S/C20H31N3O5S/c1-14-6-4-5-10-20(14)18(25)22(19(26)21-20)12-17(24)23(15-7-2-3-8-15)16-9-11-29(27,28)13-16/h14-16H,2-13H2,1H3,(H,21,26)/t14-,16+,20-/m0/s1. The number of imide groups is 1. The molecule has 0 aromatic carbocycles. The fourth-order valence-electron chi connectivity index (χ4n) is 5.74. The average molecular weight is 426 g/mol. The van der Waals surface area contributed by atoms with Crippen LogP contribution in [0.4, 0.5) is 4.79 Å². The molecule has 0 unspecified atom stereocenters. The van der Waals surface area contributed by atoms with Crippen molar-refractivity contribution < 1.29 is 22.8 Å². The molecule has 2 saturated heterocycles. The Morgan fingerprint density at radius 2 is 1.79 bits per heavy atom. The number of hydrogen-bond acceptors (Lipinski definition) is 5. The van der Waals surface area contributed by atoms with E-state index >= 15 is 0 Å². The van der Waals surface area contributed by atoms with Crippen molar-refractivity contribution in [1.29, 1.82) is 0 Å². The predicted molar refractivity (Wildman–Crippen MR) is 107 cm³/mol. The Bertz CT molecular complexity index is 807. The van der Waals surface area contributed by atoms with E-state index in [9.17, 15) is 22.8 Å². The van der Waals surface area contributed by atoms with Crippen molar-refractivity contribution in [2.45, 2.75) is 82.3 Å². The van der Waals surface area contributed by atoms with Crippen LogP contribution in [0.2, 0.25) is 0 Å². The lowest BCUT2D eigenvalue weighted by molar-refractivity contribution is -0.143. The number of amides is 4. The van der Waals surface area contributed by atoms with Crippen LogP contribution in [0.1, 0.15) is 64.7 Å². The second-order valence-electron chi connectivity index (χ2n) is 9.24. The molecule has 1 spiro atoms. The van der Waals surface area contributed by atoms with E-state index in [1.807, 2.05) is 6.92 Å². The third-order valence-electron chi connectivity index (χ3n) is 7.40. The van der Waals surface area contributed by atoms with Crippen LogP contribution in [0, 0.1) is 5.92 Å². The Labute approximate surface area is 172 Å². The van der Waals surface area contributed by atoms with Crippen LogP contribution in [-0.4, -0.2) is 71.7 Å². The molecule has 4 amide bonds. The first-order valence-electron chi connectivity index (χ1n) is 10.9. The summed E-state index contributed by atoms with van der Waals surface area (Å²) in [5, 5.41) is 2.89. The molecule has 0 radical (unpaired) electrons. The predicted octanol–water partition coefficient (Wildman–Crippen LogP) is 1.45. The van der Waals surface area contributed by atoms with E-state index in [1.165, 1.54) is 0 Å². The van der Waals surface area contributed by atoms with Crippen molar-refractivity contribution in [2.24, 2.45) is 5.92 Å². The van der Waals surface area contributed by atoms with Gasteiger partial charge in [-0.25, -0.2) is 13.2 Å². The summed E-state index contributed by atoms with van der Waals surface area (Å²) in [5.41, 5.74) is -0.884. The summed E-state index contributed by atoms with van der Waals surface area (Å²) < 4.78 is 24.0. The van der Waals surface area contributed by atoms with Crippen molar-refractivity contribution in [3.8, 4) is 0 Å². The van der Waals surface area contributed by atoms with Gasteiger partial charge in [0, 0.05) is 12.1 Å². The molecule has 0 aromatic heterocycles. The zero-order chi connectivity index (χ0) is 20.8. The zero-order valence-electron chi connectivity index (χ0n) is 17.1. The van der Waals surface area contributed by atoms with Gasteiger partial charge in [-0.15, -0.1) is 0 Å². The second kappa shape index (κ2) is 7.56. The molecular formula is C20H31N3O5S. The number of urea groups is 1. The van der Waals surface area contributed by atoms with Gasteiger partial charge in [0.05, 0.1) is 11.5 Å². The van der Waals surface area contributed by atoms with Gasteiger partial charge in [-0.1, -0.05) is 32.6 Å². The molecule has 8 nitrogen and oxygen atoms in total. The van der Waals surface area contributed by atoms with E-state index in [0.717, 1.165) is 49.8 Å². The Balaban J connectivity index is 1.53. The van der Waals surface area contributed by atoms with Crippen LogP contribution < -0.4 is 5.32 Å². The number of sulfone groups is 1. The molecule has 0 bridgehead atoms. The van der Waals surface area contributed by atoms with Crippen LogP contribution in [0.3, 0.4) is 0 Å². The highest BCUT2D eigenvalue weighted by Crippen LogP contribution is 2.38. The highest BCUT2D eigenvalue weighted by Gasteiger charge is 2.55. The molecule has 2 aliphatic heterocycles. The molecule has 1 N–H and O–H groups in total. The molecular weight excluding hydrogens is 394 g/mol. The van der Waals surface area contributed by atoms with E-state index in [4.69, 9.17) is 0 Å². The number of rotatable bonds is 4. The molecule has 0 aromatic rings. The van der Waals surface area contributed by atoms with Gasteiger partial charge in [0.15, 0.2) is 9.84 Å². The van der Waals surface area contributed by atoms with Gasteiger partial charge in [0.1, 0.15) is 12.1 Å². The zero-order valence-corrected chi connectivity index (χ0v) is 17.9. The van der Waals surface area contributed by atoms with Crippen molar-refractivity contribution >= 4 is 27.7 Å². The van der Waals surface area contributed by atoms with E-state index < -0.39 is 21.4 Å². The van der Waals surface area contributed by atoms with Gasteiger partial charge in [-0.3, -0.25) is 14.5 Å². The SMILES string of the molecule is C[C@H]1CCCC[C@]12NC(=O)N(CC(=O)N(C1CCCC1)[C@@H]1CCS(=O)(=O)C1)C2=O. The summed E-state index contributed by atoms with van der Waals surface area (Å²) in [4.78, 5) is 41.9. The molecule has 2 aliphatic carbocycles. The Kier molecular flexibility index (Phi) is 5.38. The van der Waals surface area contributed by atoms with Crippen LogP contribution >= 0.6 is 0 Å². The molecule has 9 heteroatoms. The molecule has 4 rings (SSSR count). The van der Waals surface area contributed by atoms with Crippen LogP contribution in [0.25, 0.3) is 0 Å². The first-order chi connectivity index (χ1) is 13.7. The van der Waals surface area contributed by atoms with E-state index in [0.29, 0.717) is 12.8 Å². The van der Waals surface area contributed by atoms with Crippen molar-refractivity contribution in [3.63, 3.8) is 0 Å². The van der Waals surface area contributed by atoms with Gasteiger partial charge >= 0.3 is 6.03 Å². The minimum Gasteiger partial charge on any atom is -0.334 e. The lowest BCUT2D eigenvalue weighted by Gasteiger charge is -2.37. The lowest BCUT2D eigenvalue weighted by Crippen LogP contribution is -2.55. The van der Waals surface area contributed by atoms with Gasteiger partial charge < -0.3 is 10.2 Å². The fourth-order valence-corrected chi connectivity index (χ4v) is 7.45. The maximum absolute atomic E-state index is 13.3. The first kappa shape index (κ1) is 20.6. The monoisotopic (exact) mass is 425 g/mol. The highest BCUT2D eigenvalue weighted by molar-refractivity contribution is 7.91. The van der Waals surface area contributed by atoms with Crippen molar-refractivity contribution in [3.05, 3.63) is 0 Å². The van der Waals surface area contributed by atoms with Gasteiger partial charge in [0.25, 0.3) is 5.91 Å². The van der Waals surface area contributed by atoms with E-state index in [-0.39, 0.29) is 47.9 Å². The van der Waals surface area contributed by atoms with Crippen molar-refractivity contribution in [2.75, 3.05) is 18.1 Å². The molecule has 4 fully saturated rings. The molecule has 2 saturated carbocycles. The third kappa shape index (κ3) is 3.66. The topological polar surface area (TPSA) is 104 Å². The molecule has 29 heavy (non-hydrogen) atoms. The summed E-state index contributed by atoms with van der Waals surface area (Å²) >= 11 is 0. The fraction of sp³-hybridized carbons (Fsp3) is 0.850. The molecule has 162 valence electrons. The lowest BCUT2D eigenvalue weighted by atomic mass is 9.73. The van der Waals surface area contributed by atoms with Crippen molar-refractivity contribution in [1.82, 2.24) is 15.1 Å². The summed E-state index contributed by atoms with van der Waals surface area (Å²) in [5.74, 6) is -0.482. The van der Waals surface area contributed by atoms with E-state index in [1.54, 1.807) is 4.90 Å². The van der Waals surface area contributed by atoms with Gasteiger partial charge in [-0.05, 0) is 38.0 Å². The Hall–Kier alpha value is -1.64. The normalized spacial score (nSPS) is 34.7. The Morgan fingerprint density at radius 3 is 2.41 bits per heavy atom. The second-order valence-corrected chi connectivity index (χ2v) is 11.5. The number of carbonyl (C=O) groups is 3. The number of nitrogens with zero attached hydrogens (tertiary/aromatic N) is 2.